The second kappa shape index (κ2) is 11.1. The molecular formula is C35H33N9. The lowest BCUT2D eigenvalue weighted by molar-refractivity contribution is 0.331. The van der Waals surface area contributed by atoms with Crippen molar-refractivity contribution in [2.45, 2.75) is 12.8 Å². The van der Waals surface area contributed by atoms with E-state index in [4.69, 9.17) is 19.9 Å². The number of aromatic nitrogens is 6. The average Bonchev–Trinajstić information content (AvgIpc) is 3.65. The van der Waals surface area contributed by atoms with Crippen molar-refractivity contribution in [1.29, 1.82) is 0 Å². The van der Waals surface area contributed by atoms with E-state index in [0.717, 1.165) is 106 Å². The molecule has 0 aliphatic heterocycles. The normalized spacial score (nSPS) is 12.0. The number of hydrogen-bond donors (Lipinski definition) is 2. The average molecular weight is 580 g/mol. The minimum absolute atomic E-state index is 0.822. The third-order valence-electron chi connectivity index (χ3n) is 8.29. The van der Waals surface area contributed by atoms with Crippen LogP contribution >= 0.6 is 0 Å². The van der Waals surface area contributed by atoms with Gasteiger partial charge in [-0.05, 0) is 81.5 Å². The highest BCUT2D eigenvalue weighted by molar-refractivity contribution is 5.98. The summed E-state index contributed by atoms with van der Waals surface area (Å²) in [7, 11) is 2.19. The van der Waals surface area contributed by atoms with E-state index in [1.54, 1.807) is 0 Å². The SMILES string of the molecule is CN(CCCNc1nc2ccccc2c2nc3ccccc3n12)CCCNc1nc2ccccc2c2nc3ccccc3n12. The molecule has 8 aromatic rings. The van der Waals surface area contributed by atoms with Crippen LogP contribution in [0.2, 0.25) is 0 Å². The molecule has 0 aliphatic rings. The topological polar surface area (TPSA) is 87.7 Å². The lowest BCUT2D eigenvalue weighted by Gasteiger charge is -2.18. The molecule has 4 heterocycles. The van der Waals surface area contributed by atoms with E-state index in [2.05, 4.69) is 92.0 Å². The summed E-state index contributed by atoms with van der Waals surface area (Å²) < 4.78 is 4.29. The van der Waals surface area contributed by atoms with Crippen LogP contribution in [0.4, 0.5) is 11.9 Å². The summed E-state index contributed by atoms with van der Waals surface area (Å²) in [5.74, 6) is 1.67. The van der Waals surface area contributed by atoms with Gasteiger partial charge in [-0.15, -0.1) is 0 Å². The molecule has 9 heteroatoms. The van der Waals surface area contributed by atoms with Gasteiger partial charge >= 0.3 is 0 Å². The molecule has 0 saturated carbocycles. The number of fused-ring (bicyclic) bond motifs is 10. The van der Waals surface area contributed by atoms with E-state index >= 15 is 0 Å². The van der Waals surface area contributed by atoms with Crippen LogP contribution in [0, 0.1) is 0 Å². The van der Waals surface area contributed by atoms with E-state index in [1.165, 1.54) is 0 Å². The van der Waals surface area contributed by atoms with Crippen LogP contribution in [-0.4, -0.2) is 66.9 Å². The Morgan fingerprint density at radius 1 is 0.523 bits per heavy atom. The molecule has 2 N–H and O–H groups in total. The van der Waals surface area contributed by atoms with E-state index in [-0.39, 0.29) is 0 Å². The lowest BCUT2D eigenvalue weighted by atomic mass is 10.2. The Kier molecular flexibility index (Phi) is 6.64. The van der Waals surface area contributed by atoms with Gasteiger partial charge < -0.3 is 15.5 Å². The summed E-state index contributed by atoms with van der Waals surface area (Å²) in [6.07, 6.45) is 2.00. The zero-order valence-corrected chi connectivity index (χ0v) is 24.6. The van der Waals surface area contributed by atoms with Gasteiger partial charge in [0.15, 0.2) is 0 Å². The molecule has 0 fully saturated rings. The van der Waals surface area contributed by atoms with Gasteiger partial charge in [-0.3, -0.25) is 8.80 Å². The third kappa shape index (κ3) is 4.62. The molecule has 0 bridgehead atoms. The Bertz CT molecular complexity index is 2120. The summed E-state index contributed by atoms with van der Waals surface area (Å²) in [6, 6.07) is 32.9. The van der Waals surface area contributed by atoms with Crippen LogP contribution in [-0.2, 0) is 0 Å². The van der Waals surface area contributed by atoms with Gasteiger partial charge in [0.1, 0.15) is 11.3 Å². The van der Waals surface area contributed by atoms with Crippen molar-refractivity contribution in [2.75, 3.05) is 43.9 Å². The van der Waals surface area contributed by atoms with Crippen molar-refractivity contribution in [3.05, 3.63) is 97.1 Å². The summed E-state index contributed by atoms with van der Waals surface area (Å²) in [4.78, 5) is 22.2. The molecule has 0 saturated heterocycles. The van der Waals surface area contributed by atoms with Gasteiger partial charge in [0.05, 0.1) is 33.1 Å². The quantitative estimate of drug-likeness (QED) is 0.176. The molecule has 0 atom stereocenters. The Labute approximate surface area is 254 Å². The molecule has 8 rings (SSSR count). The zero-order valence-electron chi connectivity index (χ0n) is 24.6. The van der Waals surface area contributed by atoms with E-state index < -0.39 is 0 Å². The first-order chi connectivity index (χ1) is 21.7. The minimum atomic E-state index is 0.822. The Balaban J connectivity index is 0.906. The molecule has 218 valence electrons. The predicted molar refractivity (Wildman–Crippen MR) is 180 cm³/mol. The van der Waals surface area contributed by atoms with Crippen LogP contribution in [0.1, 0.15) is 12.8 Å². The second-order valence-corrected chi connectivity index (χ2v) is 11.3. The molecule has 0 radical (unpaired) electrons. The molecule has 9 nitrogen and oxygen atoms in total. The standard InChI is InChI=1S/C35H33N9/c1-42(22-10-20-36-34-40-26-14-4-2-12-24(26)32-38-28-16-6-8-18-30(28)43(32)34)23-11-21-37-35-41-27-15-5-3-13-25(27)33-39-29-17-7-9-19-31(29)44(33)35/h2-9,12-19H,10-11,20-23H2,1H3,(H,36,40)(H,37,41). The number of rotatable bonds is 10. The molecule has 0 unspecified atom stereocenters. The van der Waals surface area contributed by atoms with Gasteiger partial charge in [0, 0.05) is 23.9 Å². The number of nitrogens with zero attached hydrogens (tertiary/aromatic N) is 7. The number of para-hydroxylation sites is 6. The molecule has 44 heavy (non-hydrogen) atoms. The first-order valence-corrected chi connectivity index (χ1v) is 15.2. The highest BCUT2D eigenvalue weighted by Gasteiger charge is 2.15. The molecule has 0 aliphatic carbocycles. The van der Waals surface area contributed by atoms with Crippen molar-refractivity contribution in [1.82, 2.24) is 33.6 Å². The highest BCUT2D eigenvalue weighted by Crippen LogP contribution is 2.28. The lowest BCUT2D eigenvalue weighted by Crippen LogP contribution is -2.25. The zero-order chi connectivity index (χ0) is 29.5. The molecule has 0 spiro atoms. The summed E-state index contributed by atoms with van der Waals surface area (Å²) in [5, 5.41) is 9.32. The number of imidazole rings is 2. The van der Waals surface area contributed by atoms with Crippen molar-refractivity contribution >= 4 is 67.1 Å². The number of hydrogen-bond acceptors (Lipinski definition) is 7. The maximum Gasteiger partial charge on any atom is 0.209 e. The van der Waals surface area contributed by atoms with Crippen molar-refractivity contribution in [3.63, 3.8) is 0 Å². The van der Waals surface area contributed by atoms with Gasteiger partial charge in [-0.25, -0.2) is 19.9 Å². The van der Waals surface area contributed by atoms with Gasteiger partial charge in [0.25, 0.3) is 0 Å². The minimum Gasteiger partial charge on any atom is -0.355 e. The Morgan fingerprint density at radius 3 is 1.41 bits per heavy atom. The summed E-state index contributed by atoms with van der Waals surface area (Å²) in [6.45, 7) is 3.61. The van der Waals surface area contributed by atoms with Crippen LogP contribution < -0.4 is 10.6 Å². The van der Waals surface area contributed by atoms with E-state index in [0.29, 0.717) is 0 Å². The second-order valence-electron chi connectivity index (χ2n) is 11.3. The largest absolute Gasteiger partial charge is 0.355 e. The first kappa shape index (κ1) is 26.4. The van der Waals surface area contributed by atoms with Gasteiger partial charge in [-0.1, -0.05) is 48.5 Å². The van der Waals surface area contributed by atoms with E-state index in [1.807, 2.05) is 36.4 Å². The third-order valence-corrected chi connectivity index (χ3v) is 8.29. The Morgan fingerprint density at radius 2 is 0.932 bits per heavy atom. The molecular weight excluding hydrogens is 546 g/mol. The Hall–Kier alpha value is -5.28. The monoisotopic (exact) mass is 579 g/mol. The van der Waals surface area contributed by atoms with Crippen LogP contribution in [0.15, 0.2) is 97.1 Å². The molecule has 4 aromatic heterocycles. The van der Waals surface area contributed by atoms with Gasteiger partial charge in [0.2, 0.25) is 11.9 Å². The smallest absolute Gasteiger partial charge is 0.209 e. The predicted octanol–water partition coefficient (Wildman–Crippen LogP) is 6.62. The first-order valence-electron chi connectivity index (χ1n) is 15.2. The molecule has 4 aromatic carbocycles. The fourth-order valence-electron chi connectivity index (χ4n) is 6.14. The summed E-state index contributed by atoms with van der Waals surface area (Å²) in [5.41, 5.74) is 7.85. The summed E-state index contributed by atoms with van der Waals surface area (Å²) >= 11 is 0. The van der Waals surface area contributed by atoms with Crippen LogP contribution in [0.5, 0.6) is 0 Å². The van der Waals surface area contributed by atoms with Crippen LogP contribution in [0.3, 0.4) is 0 Å². The highest BCUT2D eigenvalue weighted by atomic mass is 15.2. The number of benzene rings is 4. The van der Waals surface area contributed by atoms with Crippen molar-refractivity contribution in [3.8, 4) is 0 Å². The fourth-order valence-corrected chi connectivity index (χ4v) is 6.14. The number of anilines is 2. The fraction of sp³-hybridized carbons (Fsp3) is 0.200. The van der Waals surface area contributed by atoms with Crippen LogP contribution in [0.25, 0.3) is 55.2 Å². The van der Waals surface area contributed by atoms with Crippen molar-refractivity contribution in [2.24, 2.45) is 0 Å². The molecule has 0 amide bonds. The van der Waals surface area contributed by atoms with E-state index in [9.17, 15) is 0 Å². The number of nitrogens with one attached hydrogen (secondary N) is 2. The van der Waals surface area contributed by atoms with Crippen molar-refractivity contribution < 1.29 is 0 Å². The van der Waals surface area contributed by atoms with Gasteiger partial charge in [-0.2, -0.15) is 0 Å². The maximum absolute atomic E-state index is 4.96. The maximum atomic E-state index is 4.96.